The summed E-state index contributed by atoms with van der Waals surface area (Å²) in [6.45, 7) is 14.7. The summed E-state index contributed by atoms with van der Waals surface area (Å²) in [6.07, 6.45) is 0. The first kappa shape index (κ1) is 27.1. The van der Waals surface area contributed by atoms with Gasteiger partial charge in [0.25, 0.3) is 0 Å². The molecule has 9 nitrogen and oxygen atoms in total. The molecule has 3 aliphatic rings. The van der Waals surface area contributed by atoms with Crippen molar-refractivity contribution in [3.63, 3.8) is 0 Å². The average Bonchev–Trinajstić information content (AvgIpc) is 3.05. The number of halogens is 1. The minimum atomic E-state index is -1.39. The molecule has 0 aliphatic carbocycles. The van der Waals surface area contributed by atoms with Gasteiger partial charge in [-0.2, -0.15) is 0 Å². The highest BCUT2D eigenvalue weighted by Crippen LogP contribution is 2.38. The van der Waals surface area contributed by atoms with Crippen LogP contribution in [0, 0.1) is 5.82 Å². The van der Waals surface area contributed by atoms with E-state index in [1.807, 2.05) is 55.4 Å². The summed E-state index contributed by atoms with van der Waals surface area (Å²) in [5, 5.41) is 0. The van der Waals surface area contributed by atoms with Crippen molar-refractivity contribution in [1.82, 2.24) is 4.90 Å². The number of rotatable bonds is 3. The fourth-order valence-corrected chi connectivity index (χ4v) is 4.08. The SMILES string of the molecule is CN1CC(=O)OB(c2cc(B3OC(C)(C)C(C)(C)O3)c(F)c(B3OC(C)(C)C(C)(C)O3)c2)OC(=O)C1. The largest absolute Gasteiger partial charge is 0.636 e. The van der Waals surface area contributed by atoms with E-state index in [-0.39, 0.29) is 29.5 Å². The first-order valence-electron chi connectivity index (χ1n) is 12.0. The lowest BCUT2D eigenvalue weighted by atomic mass is 9.65. The molecule has 194 valence electrons. The Hall–Kier alpha value is -1.92. The van der Waals surface area contributed by atoms with Gasteiger partial charge in [0, 0.05) is 16.4 Å². The summed E-state index contributed by atoms with van der Waals surface area (Å²) in [5.74, 6) is -1.82. The third-order valence-electron chi connectivity index (χ3n) is 7.71. The van der Waals surface area contributed by atoms with Gasteiger partial charge in [0.1, 0.15) is 5.82 Å². The Kier molecular flexibility index (Phi) is 6.66. The van der Waals surface area contributed by atoms with Crippen molar-refractivity contribution in [3.05, 3.63) is 17.9 Å². The number of benzene rings is 1. The van der Waals surface area contributed by atoms with Gasteiger partial charge in [0.2, 0.25) is 0 Å². The predicted molar refractivity (Wildman–Crippen MR) is 133 cm³/mol. The first-order valence-corrected chi connectivity index (χ1v) is 12.0. The molecular weight excluding hydrogens is 470 g/mol. The third-order valence-corrected chi connectivity index (χ3v) is 7.71. The van der Waals surface area contributed by atoms with E-state index in [9.17, 15) is 9.59 Å². The van der Waals surface area contributed by atoms with Gasteiger partial charge in [0.05, 0.1) is 35.5 Å². The van der Waals surface area contributed by atoms with Crippen LogP contribution in [0.25, 0.3) is 0 Å². The Morgan fingerprint density at radius 3 is 1.36 bits per heavy atom. The van der Waals surface area contributed by atoms with Crippen LogP contribution in [0.1, 0.15) is 55.4 Å². The maximum absolute atomic E-state index is 16.1. The number of hydrogen-bond acceptors (Lipinski definition) is 9. The van der Waals surface area contributed by atoms with E-state index in [0.717, 1.165) is 0 Å². The number of hydrogen-bond donors (Lipinski definition) is 0. The van der Waals surface area contributed by atoms with Crippen LogP contribution in [0.5, 0.6) is 0 Å². The number of nitrogens with zero attached hydrogens (tertiary/aromatic N) is 1. The minimum absolute atomic E-state index is 0.0575. The van der Waals surface area contributed by atoms with Crippen LogP contribution < -0.4 is 16.4 Å². The molecule has 36 heavy (non-hydrogen) atoms. The van der Waals surface area contributed by atoms with Crippen LogP contribution in [0.2, 0.25) is 0 Å². The molecule has 0 aromatic heterocycles. The molecule has 0 N–H and O–H groups in total. The van der Waals surface area contributed by atoms with E-state index in [2.05, 4.69) is 0 Å². The highest BCUT2D eigenvalue weighted by molar-refractivity contribution is 6.70. The van der Waals surface area contributed by atoms with Crippen molar-refractivity contribution in [3.8, 4) is 0 Å². The summed E-state index contributed by atoms with van der Waals surface area (Å²) < 4.78 is 51.5. The Balaban J connectivity index is 1.81. The molecule has 0 amide bonds. The van der Waals surface area contributed by atoms with Gasteiger partial charge in [0.15, 0.2) is 0 Å². The van der Waals surface area contributed by atoms with E-state index >= 15 is 4.39 Å². The zero-order valence-corrected chi connectivity index (χ0v) is 22.4. The van der Waals surface area contributed by atoms with Crippen molar-refractivity contribution in [1.29, 1.82) is 0 Å². The monoisotopic (exact) mass is 503 g/mol. The van der Waals surface area contributed by atoms with Crippen molar-refractivity contribution >= 4 is 49.7 Å². The minimum Gasteiger partial charge on any atom is -0.494 e. The van der Waals surface area contributed by atoms with Crippen LogP contribution in [-0.2, 0) is 37.5 Å². The van der Waals surface area contributed by atoms with Gasteiger partial charge in [-0.1, -0.05) is 12.1 Å². The lowest BCUT2D eigenvalue weighted by Crippen LogP contribution is -2.53. The van der Waals surface area contributed by atoms with E-state index in [1.165, 1.54) is 17.0 Å². The second kappa shape index (κ2) is 8.84. The molecular formula is C23H33B3FNO8. The molecule has 0 radical (unpaired) electrons. The lowest BCUT2D eigenvalue weighted by molar-refractivity contribution is -0.145. The summed E-state index contributed by atoms with van der Waals surface area (Å²) in [6, 6.07) is 2.87. The van der Waals surface area contributed by atoms with Crippen molar-refractivity contribution in [2.75, 3.05) is 20.1 Å². The van der Waals surface area contributed by atoms with Crippen LogP contribution in [0.3, 0.4) is 0 Å². The second-order valence-electron chi connectivity index (χ2n) is 11.7. The van der Waals surface area contributed by atoms with Gasteiger partial charge in [-0.15, -0.1) is 0 Å². The lowest BCUT2D eigenvalue weighted by Gasteiger charge is -2.32. The van der Waals surface area contributed by atoms with Gasteiger partial charge < -0.3 is 27.9 Å². The molecule has 1 aromatic rings. The van der Waals surface area contributed by atoms with Crippen LogP contribution in [0.15, 0.2) is 12.1 Å². The summed E-state index contributed by atoms with van der Waals surface area (Å²) >= 11 is 0. The van der Waals surface area contributed by atoms with Gasteiger partial charge >= 0.3 is 33.3 Å². The van der Waals surface area contributed by atoms with E-state index in [4.69, 9.17) is 27.9 Å². The van der Waals surface area contributed by atoms with Gasteiger partial charge in [-0.25, -0.2) is 4.39 Å². The zero-order valence-electron chi connectivity index (χ0n) is 22.4. The van der Waals surface area contributed by atoms with Crippen LogP contribution >= 0.6 is 0 Å². The molecule has 3 fully saturated rings. The molecule has 0 bridgehead atoms. The van der Waals surface area contributed by atoms with E-state index in [0.29, 0.717) is 0 Å². The summed E-state index contributed by atoms with van der Waals surface area (Å²) in [4.78, 5) is 26.3. The number of carbonyl (C=O) groups excluding carboxylic acids is 2. The van der Waals surface area contributed by atoms with Crippen LogP contribution in [0.4, 0.5) is 4.39 Å². The molecule has 0 spiro atoms. The van der Waals surface area contributed by atoms with Crippen molar-refractivity contribution in [2.45, 2.75) is 77.8 Å². The maximum atomic E-state index is 16.1. The molecule has 0 unspecified atom stereocenters. The quantitative estimate of drug-likeness (QED) is 0.535. The second-order valence-corrected chi connectivity index (χ2v) is 11.7. The standard InChI is InChI=1S/C23H33B3FNO8/c1-20(2)21(3,4)34-25(33-20)15-10-14(24-31-17(29)12-28(9)13-18(30)32-24)11-16(19(15)27)26-35-22(5,6)23(7,8)36-26/h10-11H,12-13H2,1-9H3. The Bertz CT molecular complexity index is 970. The number of carbonyl (C=O) groups is 2. The van der Waals surface area contributed by atoms with Gasteiger partial charge in [-0.3, -0.25) is 14.5 Å². The molecule has 3 aliphatic heterocycles. The van der Waals surface area contributed by atoms with Crippen molar-refractivity contribution in [2.24, 2.45) is 0 Å². The Labute approximate surface area is 212 Å². The normalized spacial score (nSPS) is 25.4. The molecule has 13 heteroatoms. The molecule has 4 rings (SSSR count). The average molecular weight is 503 g/mol. The van der Waals surface area contributed by atoms with Crippen molar-refractivity contribution < 1.29 is 41.9 Å². The predicted octanol–water partition coefficient (Wildman–Crippen LogP) is 0.151. The Morgan fingerprint density at radius 1 is 0.694 bits per heavy atom. The molecule has 0 atom stereocenters. The third kappa shape index (κ3) is 4.83. The summed E-state index contributed by atoms with van der Waals surface area (Å²) in [7, 11) is -1.92. The van der Waals surface area contributed by atoms with E-state index < -0.39 is 61.5 Å². The maximum Gasteiger partial charge on any atom is 0.636 e. The first-order chi connectivity index (χ1) is 16.4. The Morgan fingerprint density at radius 2 is 1.03 bits per heavy atom. The van der Waals surface area contributed by atoms with Crippen LogP contribution in [-0.4, -0.2) is 80.7 Å². The number of likely N-dealkylation sites (N-methyl/N-ethyl adjacent to an activating group) is 1. The van der Waals surface area contributed by atoms with E-state index in [1.54, 1.807) is 7.05 Å². The molecule has 0 saturated carbocycles. The summed E-state index contributed by atoms with van der Waals surface area (Å²) in [5.41, 5.74) is -2.56. The fourth-order valence-electron chi connectivity index (χ4n) is 4.08. The smallest absolute Gasteiger partial charge is 0.494 e. The fraction of sp³-hybridized carbons (Fsp3) is 0.652. The van der Waals surface area contributed by atoms with Gasteiger partial charge in [-0.05, 0) is 62.4 Å². The zero-order chi connectivity index (χ0) is 26.8. The topological polar surface area (TPSA) is 92.8 Å². The molecule has 3 saturated heterocycles. The highest BCUT2D eigenvalue weighted by atomic mass is 19.1. The molecule has 1 aromatic carbocycles. The molecule has 3 heterocycles. The highest BCUT2D eigenvalue weighted by Gasteiger charge is 2.56.